The third kappa shape index (κ3) is 7.86. The number of rotatable bonds is 12. The van der Waals surface area contributed by atoms with Crippen molar-refractivity contribution in [2.24, 2.45) is 0 Å². The fourth-order valence-electron chi connectivity index (χ4n) is 3.05. The standard InChI is InChI=1S/C22H28N4O7S2/c1-6-7-32-22(29)23-9-18-25-20(33-26-18)15(24-13(3)34)11-35-10-14-16(27)8-17(30-4)12(2)19(14)21(28)31-5/h6,8,15,27H,1,7,9-11H2,2-5H3,(H,23,29)(H,24,34)/t15-/m0/s1. The Balaban J connectivity index is 2.13. The SMILES string of the molecule is C=CCOC(=O)NCc1noc([C@H](CSCc2c(O)cc(OC)c(C)c2C(=O)OC)NC(C)=S)n1. The highest BCUT2D eigenvalue weighted by Gasteiger charge is 2.24. The third-order valence-electron chi connectivity index (χ3n) is 4.65. The number of esters is 1. The van der Waals surface area contributed by atoms with E-state index in [1.807, 2.05) is 0 Å². The van der Waals surface area contributed by atoms with Crippen LogP contribution >= 0.6 is 24.0 Å². The lowest BCUT2D eigenvalue weighted by Gasteiger charge is -2.18. The van der Waals surface area contributed by atoms with Crippen molar-refractivity contribution in [1.29, 1.82) is 0 Å². The Morgan fingerprint density at radius 2 is 2.14 bits per heavy atom. The Morgan fingerprint density at radius 3 is 2.77 bits per heavy atom. The van der Waals surface area contributed by atoms with Crippen LogP contribution in [0.2, 0.25) is 0 Å². The second-order valence-electron chi connectivity index (χ2n) is 7.13. The first-order valence-corrected chi connectivity index (χ1v) is 11.9. The normalized spacial score (nSPS) is 11.3. The first-order chi connectivity index (χ1) is 16.7. The predicted molar refractivity (Wildman–Crippen MR) is 134 cm³/mol. The van der Waals surface area contributed by atoms with Gasteiger partial charge in [0.1, 0.15) is 24.1 Å². The summed E-state index contributed by atoms with van der Waals surface area (Å²) in [5.41, 5.74) is 1.24. The van der Waals surface area contributed by atoms with Gasteiger partial charge in [-0.1, -0.05) is 30.0 Å². The lowest BCUT2D eigenvalue weighted by Crippen LogP contribution is -2.27. The van der Waals surface area contributed by atoms with E-state index in [0.29, 0.717) is 27.6 Å². The number of phenols is 1. The van der Waals surface area contributed by atoms with Gasteiger partial charge in [-0.05, 0) is 13.8 Å². The average molecular weight is 525 g/mol. The summed E-state index contributed by atoms with van der Waals surface area (Å²) >= 11 is 6.59. The summed E-state index contributed by atoms with van der Waals surface area (Å²) in [5, 5.41) is 20.0. The Kier molecular flexibility index (Phi) is 10.8. The molecule has 1 heterocycles. The molecule has 2 rings (SSSR count). The van der Waals surface area contributed by atoms with Crippen LogP contribution in [0.4, 0.5) is 4.79 Å². The number of methoxy groups -OCH3 is 2. The summed E-state index contributed by atoms with van der Waals surface area (Å²) in [6, 6.07) is 1.01. The molecule has 0 aliphatic heterocycles. The van der Waals surface area contributed by atoms with Crippen LogP contribution in [0.25, 0.3) is 0 Å². The van der Waals surface area contributed by atoms with E-state index in [0.717, 1.165) is 0 Å². The summed E-state index contributed by atoms with van der Waals surface area (Å²) in [5.74, 6) is 0.950. The van der Waals surface area contributed by atoms with Crippen molar-refractivity contribution in [3.63, 3.8) is 0 Å². The number of alkyl carbamates (subject to hydrolysis) is 1. The first kappa shape index (κ1) is 27.9. The van der Waals surface area contributed by atoms with Crippen molar-refractivity contribution < 1.29 is 33.4 Å². The minimum absolute atomic E-state index is 0.0113. The summed E-state index contributed by atoms with van der Waals surface area (Å²) in [6.07, 6.45) is 0.821. The highest BCUT2D eigenvalue weighted by Crippen LogP contribution is 2.36. The molecule has 1 aromatic heterocycles. The molecule has 35 heavy (non-hydrogen) atoms. The number of thiocarbonyl (C=S) groups is 1. The fraction of sp³-hybridized carbons (Fsp3) is 0.409. The van der Waals surface area contributed by atoms with E-state index >= 15 is 0 Å². The van der Waals surface area contributed by atoms with Gasteiger partial charge in [0.25, 0.3) is 0 Å². The Labute approximate surface area is 212 Å². The van der Waals surface area contributed by atoms with E-state index in [4.69, 9.17) is 31.0 Å². The number of hydrogen-bond acceptors (Lipinski definition) is 11. The third-order valence-corrected chi connectivity index (χ3v) is 5.83. The lowest BCUT2D eigenvalue weighted by molar-refractivity contribution is 0.0598. The van der Waals surface area contributed by atoms with E-state index in [1.165, 1.54) is 38.1 Å². The maximum absolute atomic E-state index is 12.4. The molecule has 0 saturated heterocycles. The molecule has 0 fully saturated rings. The van der Waals surface area contributed by atoms with Crippen LogP contribution in [0.15, 0.2) is 23.2 Å². The average Bonchev–Trinajstić information content (AvgIpc) is 3.30. The minimum atomic E-state index is -0.632. The Bertz CT molecular complexity index is 1070. The summed E-state index contributed by atoms with van der Waals surface area (Å²) in [6.45, 7) is 7.00. The summed E-state index contributed by atoms with van der Waals surface area (Å²) in [7, 11) is 2.73. The van der Waals surface area contributed by atoms with E-state index < -0.39 is 18.1 Å². The van der Waals surface area contributed by atoms with Crippen LogP contribution in [-0.2, 0) is 21.8 Å². The number of ether oxygens (including phenoxy) is 3. The molecule has 0 saturated carbocycles. The minimum Gasteiger partial charge on any atom is -0.507 e. The largest absolute Gasteiger partial charge is 0.507 e. The quantitative estimate of drug-likeness (QED) is 0.213. The monoisotopic (exact) mass is 524 g/mol. The maximum Gasteiger partial charge on any atom is 0.407 e. The number of phenolic OH excluding ortho intramolecular Hbond substituents is 1. The van der Waals surface area contributed by atoms with Gasteiger partial charge in [0.05, 0.1) is 31.3 Å². The molecule has 3 N–H and O–H groups in total. The molecule has 0 radical (unpaired) electrons. The number of thioether (sulfide) groups is 1. The van der Waals surface area contributed by atoms with E-state index in [2.05, 4.69) is 27.4 Å². The highest BCUT2D eigenvalue weighted by atomic mass is 32.2. The Hall–Kier alpha value is -3.32. The number of nitrogens with one attached hydrogen (secondary N) is 2. The molecule has 1 atom stereocenters. The van der Waals surface area contributed by atoms with Crippen LogP contribution < -0.4 is 15.4 Å². The number of aromatic nitrogens is 2. The maximum atomic E-state index is 12.4. The second-order valence-corrected chi connectivity index (χ2v) is 8.77. The van der Waals surface area contributed by atoms with Gasteiger partial charge in [-0.3, -0.25) is 0 Å². The van der Waals surface area contributed by atoms with Gasteiger partial charge in [-0.15, -0.1) is 0 Å². The fourth-order valence-corrected chi connectivity index (χ4v) is 4.27. The van der Waals surface area contributed by atoms with Gasteiger partial charge in [-0.2, -0.15) is 16.7 Å². The van der Waals surface area contributed by atoms with Gasteiger partial charge in [0.15, 0.2) is 5.82 Å². The number of nitrogens with zero attached hydrogens (tertiary/aromatic N) is 2. The van der Waals surface area contributed by atoms with Gasteiger partial charge >= 0.3 is 12.1 Å². The summed E-state index contributed by atoms with van der Waals surface area (Å²) in [4.78, 5) is 28.8. The molecule has 1 amide bonds. The topological polar surface area (TPSA) is 145 Å². The predicted octanol–water partition coefficient (Wildman–Crippen LogP) is 3.20. The van der Waals surface area contributed by atoms with Crippen molar-refractivity contribution in [1.82, 2.24) is 20.8 Å². The molecule has 0 bridgehead atoms. The number of aromatic hydroxyl groups is 1. The smallest absolute Gasteiger partial charge is 0.407 e. The number of amides is 1. The van der Waals surface area contributed by atoms with Crippen LogP contribution in [0.1, 0.15) is 46.2 Å². The van der Waals surface area contributed by atoms with Gasteiger partial charge in [0.2, 0.25) is 5.89 Å². The van der Waals surface area contributed by atoms with Crippen molar-refractivity contribution in [2.75, 3.05) is 26.6 Å². The van der Waals surface area contributed by atoms with E-state index in [1.54, 1.807) is 13.8 Å². The summed E-state index contributed by atoms with van der Waals surface area (Å²) < 4.78 is 20.3. The van der Waals surface area contributed by atoms with Crippen molar-refractivity contribution in [2.45, 2.75) is 32.2 Å². The van der Waals surface area contributed by atoms with E-state index in [9.17, 15) is 14.7 Å². The molecule has 1 aromatic carbocycles. The molecule has 0 aliphatic rings. The van der Waals surface area contributed by atoms with Crippen molar-refractivity contribution in [3.05, 3.63) is 47.1 Å². The number of hydrogen-bond donors (Lipinski definition) is 3. The lowest BCUT2D eigenvalue weighted by atomic mass is 10.0. The second kappa shape index (κ2) is 13.5. The van der Waals surface area contributed by atoms with Gasteiger partial charge < -0.3 is 34.5 Å². The van der Waals surface area contributed by atoms with Crippen molar-refractivity contribution in [3.8, 4) is 11.5 Å². The molecular formula is C22H28N4O7S2. The van der Waals surface area contributed by atoms with Crippen LogP contribution in [-0.4, -0.2) is 58.9 Å². The molecule has 11 nitrogen and oxygen atoms in total. The van der Waals surface area contributed by atoms with Crippen molar-refractivity contribution >= 4 is 41.0 Å². The first-order valence-electron chi connectivity index (χ1n) is 10.4. The highest BCUT2D eigenvalue weighted by molar-refractivity contribution is 7.98. The van der Waals surface area contributed by atoms with Crippen LogP contribution in [0.5, 0.6) is 11.5 Å². The Morgan fingerprint density at radius 1 is 1.40 bits per heavy atom. The molecule has 0 aliphatic carbocycles. The number of benzene rings is 1. The number of carbonyl (C=O) groups excluding carboxylic acids is 2. The number of carbonyl (C=O) groups is 2. The van der Waals surface area contributed by atoms with Crippen LogP contribution in [0, 0.1) is 6.92 Å². The van der Waals surface area contributed by atoms with Gasteiger partial charge in [0, 0.05) is 28.7 Å². The zero-order valence-corrected chi connectivity index (χ0v) is 21.5. The van der Waals surface area contributed by atoms with Gasteiger partial charge in [-0.25, -0.2) is 9.59 Å². The molecular weight excluding hydrogens is 496 g/mol. The van der Waals surface area contributed by atoms with E-state index in [-0.39, 0.29) is 41.9 Å². The molecule has 2 aromatic rings. The zero-order valence-electron chi connectivity index (χ0n) is 19.9. The molecule has 0 spiro atoms. The molecule has 0 unspecified atom stereocenters. The molecule has 13 heteroatoms. The zero-order chi connectivity index (χ0) is 26.0. The molecule has 190 valence electrons. The van der Waals surface area contributed by atoms with Crippen LogP contribution in [0.3, 0.4) is 0 Å².